The number of hydrogen-bond acceptors (Lipinski definition) is 3. The summed E-state index contributed by atoms with van der Waals surface area (Å²) >= 11 is 0. The Kier molecular flexibility index (Phi) is 3.25. The Bertz CT molecular complexity index is 611. The number of nitro groups is 1. The molecule has 0 heterocycles. The Labute approximate surface area is 132 Å². The highest BCUT2D eigenvalue weighted by molar-refractivity contribution is 7.87. The highest BCUT2D eigenvalue weighted by Crippen LogP contribution is 2.57. The van der Waals surface area contributed by atoms with Crippen molar-refractivity contribution in [3.05, 3.63) is 34.4 Å². The van der Waals surface area contributed by atoms with E-state index in [1.54, 1.807) is 12.1 Å². The van der Waals surface area contributed by atoms with Crippen molar-refractivity contribution in [2.45, 2.75) is 43.3 Å². The molecule has 0 saturated heterocycles. The van der Waals surface area contributed by atoms with Crippen LogP contribution in [-0.4, -0.2) is 13.9 Å². The fourth-order valence-corrected chi connectivity index (χ4v) is 6.88. The summed E-state index contributed by atoms with van der Waals surface area (Å²) in [6.45, 7) is 0. The van der Waals surface area contributed by atoms with Gasteiger partial charge in [0.1, 0.15) is 11.0 Å². The van der Waals surface area contributed by atoms with Crippen LogP contribution in [0.1, 0.15) is 38.5 Å². The predicted molar refractivity (Wildman–Crippen MR) is 85.8 cm³/mol. The number of benzene rings is 1. The molecule has 0 unspecified atom stereocenters. The van der Waals surface area contributed by atoms with E-state index in [0.29, 0.717) is 5.69 Å². The lowest BCUT2D eigenvalue weighted by Crippen LogP contribution is -2.54. The number of nitrogens with one attached hydrogen (secondary N) is 1. The average Bonchev–Trinajstić information content (AvgIpc) is 2.46. The van der Waals surface area contributed by atoms with Crippen LogP contribution in [0.5, 0.6) is 0 Å². The van der Waals surface area contributed by atoms with E-state index < -0.39 is 15.9 Å². The molecule has 0 amide bonds. The van der Waals surface area contributed by atoms with Gasteiger partial charge in [0.2, 0.25) is 0 Å². The molecule has 6 heteroatoms. The fourth-order valence-electron chi connectivity index (χ4n) is 5.16. The van der Waals surface area contributed by atoms with Crippen molar-refractivity contribution < 1.29 is 9.13 Å². The zero-order chi connectivity index (χ0) is 15.3. The maximum absolute atomic E-state index is 13.0. The van der Waals surface area contributed by atoms with Gasteiger partial charge < -0.3 is 4.72 Å². The first kappa shape index (κ1) is 14.2. The molecule has 5 nitrogen and oxygen atoms in total. The summed E-state index contributed by atoms with van der Waals surface area (Å²) in [6.07, 6.45) is 7.09. The molecule has 0 spiro atoms. The Hall–Kier alpha value is -1.43. The molecule has 0 aromatic heterocycles. The minimum absolute atomic E-state index is 0.0347. The first-order valence-corrected chi connectivity index (χ1v) is 9.12. The zero-order valence-corrected chi connectivity index (χ0v) is 13.2. The third-order valence-corrected chi connectivity index (χ3v) is 7.35. The minimum Gasteiger partial charge on any atom is -0.304 e. The summed E-state index contributed by atoms with van der Waals surface area (Å²) < 4.78 is 15.9. The van der Waals surface area contributed by atoms with Crippen molar-refractivity contribution in [1.29, 1.82) is 0 Å². The van der Waals surface area contributed by atoms with Crippen LogP contribution >= 0.6 is 0 Å². The maximum Gasteiger partial charge on any atom is 0.271 e. The van der Waals surface area contributed by atoms with E-state index in [1.165, 1.54) is 31.4 Å². The van der Waals surface area contributed by atoms with Gasteiger partial charge in [-0.2, -0.15) is 0 Å². The summed E-state index contributed by atoms with van der Waals surface area (Å²) in [6, 6.07) is 6.32. The third kappa shape index (κ3) is 2.33. The number of hydrogen-bond donors (Lipinski definition) is 1. The van der Waals surface area contributed by atoms with Crippen molar-refractivity contribution in [2.75, 3.05) is 4.72 Å². The summed E-state index contributed by atoms with van der Waals surface area (Å²) in [5.74, 6) is 2.21. The van der Waals surface area contributed by atoms with Gasteiger partial charge >= 0.3 is 0 Å². The van der Waals surface area contributed by atoms with Gasteiger partial charge in [0.15, 0.2) is 0 Å². The number of rotatable bonds is 4. The summed E-state index contributed by atoms with van der Waals surface area (Å²) in [5, 5.41) is 10.9. The summed E-state index contributed by atoms with van der Waals surface area (Å²) in [4.78, 5) is 10.4. The Morgan fingerprint density at radius 3 is 2.27 bits per heavy atom. The van der Waals surface area contributed by atoms with Gasteiger partial charge in [0, 0.05) is 12.1 Å². The van der Waals surface area contributed by atoms with E-state index in [-0.39, 0.29) is 10.4 Å². The normalized spacial score (nSPS) is 37.0. The maximum atomic E-state index is 13.0. The predicted octanol–water partition coefficient (Wildman–Crippen LogP) is 3.64. The third-order valence-electron chi connectivity index (χ3n) is 5.64. The van der Waals surface area contributed by atoms with E-state index in [2.05, 4.69) is 4.72 Å². The van der Waals surface area contributed by atoms with Gasteiger partial charge in [-0.25, -0.2) is 4.21 Å². The van der Waals surface area contributed by atoms with E-state index in [1.807, 2.05) is 0 Å². The average molecular weight is 320 g/mol. The van der Waals surface area contributed by atoms with Gasteiger partial charge in [-0.1, -0.05) is 6.07 Å². The second kappa shape index (κ2) is 5.05. The van der Waals surface area contributed by atoms with Gasteiger partial charge in [0.25, 0.3) is 5.69 Å². The van der Waals surface area contributed by atoms with Gasteiger partial charge in [-0.3, -0.25) is 10.1 Å². The van der Waals surface area contributed by atoms with Crippen molar-refractivity contribution >= 4 is 22.4 Å². The van der Waals surface area contributed by atoms with Crippen molar-refractivity contribution in [3.8, 4) is 0 Å². The highest BCUT2D eigenvalue weighted by atomic mass is 32.2. The lowest BCUT2D eigenvalue weighted by Gasteiger charge is -2.55. The molecule has 22 heavy (non-hydrogen) atoms. The van der Waals surface area contributed by atoms with E-state index in [4.69, 9.17) is 0 Å². The molecule has 1 N–H and O–H groups in total. The number of anilines is 1. The van der Waals surface area contributed by atoms with Crippen LogP contribution in [0.4, 0.5) is 11.4 Å². The van der Waals surface area contributed by atoms with Gasteiger partial charge in [-0.15, -0.1) is 0 Å². The lowest BCUT2D eigenvalue weighted by molar-refractivity contribution is -0.384. The van der Waals surface area contributed by atoms with Crippen LogP contribution in [0.2, 0.25) is 0 Å². The van der Waals surface area contributed by atoms with Gasteiger partial charge in [0.05, 0.1) is 15.4 Å². The lowest BCUT2D eigenvalue weighted by atomic mass is 9.56. The molecule has 4 bridgehead atoms. The number of non-ortho nitro benzene ring substituents is 1. The Morgan fingerprint density at radius 1 is 1.14 bits per heavy atom. The standard InChI is InChI=1S/C16H20N2O3S/c19-18(20)15-3-1-2-14(7-15)17-22(21)16-8-11-4-12(9-16)6-13(5-11)10-16/h1-3,7,11-13,17H,4-6,8-10H2/t11?,12?,13?,16?,22-/m1/s1. The van der Waals surface area contributed by atoms with Gasteiger partial charge in [-0.05, 0) is 62.3 Å². The molecule has 1 aromatic rings. The first-order chi connectivity index (χ1) is 10.5. The minimum atomic E-state index is -1.17. The van der Waals surface area contributed by atoms with E-state index >= 15 is 0 Å². The topological polar surface area (TPSA) is 72.2 Å². The quantitative estimate of drug-likeness (QED) is 0.680. The highest BCUT2D eigenvalue weighted by Gasteiger charge is 2.54. The van der Waals surface area contributed by atoms with Crippen LogP contribution in [0.15, 0.2) is 24.3 Å². The van der Waals surface area contributed by atoms with Crippen LogP contribution in [0.3, 0.4) is 0 Å². The van der Waals surface area contributed by atoms with Crippen molar-refractivity contribution in [3.63, 3.8) is 0 Å². The molecule has 118 valence electrons. The van der Waals surface area contributed by atoms with E-state index in [9.17, 15) is 14.3 Å². The van der Waals surface area contributed by atoms with Crippen molar-refractivity contribution in [1.82, 2.24) is 0 Å². The zero-order valence-electron chi connectivity index (χ0n) is 12.4. The molecule has 1 aromatic carbocycles. The summed E-state index contributed by atoms with van der Waals surface area (Å²) in [7, 11) is -1.17. The first-order valence-electron chi connectivity index (χ1n) is 7.97. The molecule has 4 aliphatic carbocycles. The van der Waals surface area contributed by atoms with Crippen LogP contribution in [0, 0.1) is 27.9 Å². The molecule has 5 rings (SSSR count). The fraction of sp³-hybridized carbons (Fsp3) is 0.625. The molecule has 0 aliphatic heterocycles. The van der Waals surface area contributed by atoms with E-state index in [0.717, 1.165) is 37.0 Å². The Morgan fingerprint density at radius 2 is 1.73 bits per heavy atom. The second-order valence-corrected chi connectivity index (χ2v) is 8.89. The Balaban J connectivity index is 1.55. The largest absolute Gasteiger partial charge is 0.304 e. The molecule has 1 atom stereocenters. The molecule has 0 radical (unpaired) electrons. The number of nitrogens with zero attached hydrogens (tertiary/aromatic N) is 1. The van der Waals surface area contributed by atoms with Crippen LogP contribution in [-0.2, 0) is 11.0 Å². The van der Waals surface area contributed by atoms with Crippen LogP contribution in [0.25, 0.3) is 0 Å². The molecular weight excluding hydrogens is 300 g/mol. The smallest absolute Gasteiger partial charge is 0.271 e. The molecule has 4 saturated carbocycles. The molecule has 4 fully saturated rings. The monoisotopic (exact) mass is 320 g/mol. The SMILES string of the molecule is O=[N+]([O-])c1cccc(N[S@](=O)C23CC4CC(CC(C4)C2)C3)c1. The van der Waals surface area contributed by atoms with Crippen molar-refractivity contribution in [2.24, 2.45) is 17.8 Å². The number of nitro benzene ring substituents is 1. The molecule has 4 aliphatic rings. The summed E-state index contributed by atoms with van der Waals surface area (Å²) in [5.41, 5.74) is 0.621. The second-order valence-electron chi connectivity index (χ2n) is 7.28. The van der Waals surface area contributed by atoms with Crippen LogP contribution < -0.4 is 4.72 Å². The molecular formula is C16H20N2O3S.